The van der Waals surface area contributed by atoms with Gasteiger partial charge in [-0.2, -0.15) is 4.72 Å². The fraction of sp³-hybridized carbons (Fsp3) is 0.130. The van der Waals surface area contributed by atoms with E-state index in [1.54, 1.807) is 66.7 Å². The van der Waals surface area contributed by atoms with Gasteiger partial charge in [-0.3, -0.25) is 9.59 Å². The van der Waals surface area contributed by atoms with Gasteiger partial charge in [0.2, 0.25) is 15.9 Å². The molecule has 33 heavy (non-hydrogen) atoms. The minimum Gasteiger partial charge on any atom is -0.491 e. The zero-order valence-corrected chi connectivity index (χ0v) is 19.7. The molecule has 10 heteroatoms. The Morgan fingerprint density at radius 2 is 1.58 bits per heavy atom. The molecule has 0 saturated carbocycles. The lowest BCUT2D eigenvalue weighted by Crippen LogP contribution is -2.47. The van der Waals surface area contributed by atoms with Gasteiger partial charge in [-0.05, 0) is 54.1 Å². The third-order valence-corrected chi connectivity index (χ3v) is 6.49. The summed E-state index contributed by atoms with van der Waals surface area (Å²) in [6.45, 7) is -0.247. The standard InChI is InChI=1S/C23H21BrN2O6S/c24-17-8-12-20(13-9-17)33(30,31)26-21(15-32-19-4-2-1-3-5-19)23(29)25-18-10-6-16(7-11-18)14-22(27)28/h1-13,21,26H,14-15H2,(H,25,29)(H,27,28)/t21-/m0/s1. The Kier molecular flexibility index (Phi) is 8.21. The summed E-state index contributed by atoms with van der Waals surface area (Å²) in [6, 6.07) is 19.7. The van der Waals surface area contributed by atoms with E-state index >= 15 is 0 Å². The maximum absolute atomic E-state index is 12.9. The van der Waals surface area contributed by atoms with Crippen molar-refractivity contribution >= 4 is 43.5 Å². The van der Waals surface area contributed by atoms with E-state index in [-0.39, 0.29) is 17.9 Å². The first-order valence-corrected chi connectivity index (χ1v) is 12.1. The number of rotatable bonds is 10. The van der Waals surface area contributed by atoms with Crippen LogP contribution in [0.4, 0.5) is 5.69 Å². The Morgan fingerprint density at radius 1 is 0.939 bits per heavy atom. The van der Waals surface area contributed by atoms with E-state index in [9.17, 15) is 18.0 Å². The monoisotopic (exact) mass is 532 g/mol. The minimum atomic E-state index is -4.02. The summed E-state index contributed by atoms with van der Waals surface area (Å²) in [7, 11) is -4.02. The van der Waals surface area contributed by atoms with Gasteiger partial charge in [-0.15, -0.1) is 0 Å². The summed E-state index contributed by atoms with van der Waals surface area (Å²) >= 11 is 3.26. The zero-order chi connectivity index (χ0) is 23.8. The first-order chi connectivity index (χ1) is 15.7. The minimum absolute atomic E-state index is 0.00114. The molecule has 3 rings (SSSR count). The van der Waals surface area contributed by atoms with E-state index < -0.39 is 27.9 Å². The predicted octanol–water partition coefficient (Wildman–Crippen LogP) is 3.44. The number of anilines is 1. The number of nitrogens with one attached hydrogen (secondary N) is 2. The van der Waals surface area contributed by atoms with Crippen LogP contribution in [0.2, 0.25) is 0 Å². The van der Waals surface area contributed by atoms with E-state index in [2.05, 4.69) is 26.0 Å². The third kappa shape index (κ3) is 7.41. The molecule has 0 unspecified atom stereocenters. The fourth-order valence-electron chi connectivity index (χ4n) is 2.84. The van der Waals surface area contributed by atoms with Crippen LogP contribution < -0.4 is 14.8 Å². The van der Waals surface area contributed by atoms with Gasteiger partial charge in [0.15, 0.2) is 0 Å². The van der Waals surface area contributed by atoms with Crippen LogP contribution >= 0.6 is 15.9 Å². The molecule has 3 aromatic carbocycles. The Morgan fingerprint density at radius 3 is 2.18 bits per heavy atom. The molecule has 0 aromatic heterocycles. The molecule has 0 aliphatic heterocycles. The van der Waals surface area contributed by atoms with Gasteiger partial charge >= 0.3 is 5.97 Å². The second kappa shape index (κ2) is 11.1. The van der Waals surface area contributed by atoms with Crippen LogP contribution in [0.5, 0.6) is 5.75 Å². The van der Waals surface area contributed by atoms with Crippen LogP contribution in [0, 0.1) is 0 Å². The predicted molar refractivity (Wildman–Crippen MR) is 127 cm³/mol. The molecule has 0 fully saturated rings. The van der Waals surface area contributed by atoms with E-state index in [1.807, 2.05) is 0 Å². The number of hydrogen-bond acceptors (Lipinski definition) is 5. The Balaban J connectivity index is 1.77. The number of sulfonamides is 1. The summed E-state index contributed by atoms with van der Waals surface area (Å²) in [4.78, 5) is 23.8. The third-order valence-electron chi connectivity index (χ3n) is 4.47. The molecule has 3 N–H and O–H groups in total. The summed E-state index contributed by atoms with van der Waals surface area (Å²) in [5.74, 6) is -1.11. The SMILES string of the molecule is O=C(O)Cc1ccc(NC(=O)[C@H](COc2ccccc2)NS(=O)(=O)c2ccc(Br)cc2)cc1. The molecule has 8 nitrogen and oxygen atoms in total. The fourth-order valence-corrected chi connectivity index (χ4v) is 4.28. The lowest BCUT2D eigenvalue weighted by atomic mass is 10.1. The highest BCUT2D eigenvalue weighted by Gasteiger charge is 2.27. The van der Waals surface area contributed by atoms with Crippen LogP contribution in [0.25, 0.3) is 0 Å². The number of para-hydroxylation sites is 1. The summed E-state index contributed by atoms with van der Waals surface area (Å²) in [5.41, 5.74) is 0.960. The molecule has 3 aromatic rings. The van der Waals surface area contributed by atoms with Crippen molar-refractivity contribution < 1.29 is 27.9 Å². The molecule has 0 bridgehead atoms. The quantitative estimate of drug-likeness (QED) is 0.367. The summed E-state index contributed by atoms with van der Waals surface area (Å²) in [6.07, 6.45) is -0.144. The van der Waals surface area contributed by atoms with Crippen molar-refractivity contribution in [2.24, 2.45) is 0 Å². The van der Waals surface area contributed by atoms with Crippen molar-refractivity contribution in [1.82, 2.24) is 4.72 Å². The number of carbonyl (C=O) groups excluding carboxylic acids is 1. The van der Waals surface area contributed by atoms with Crippen molar-refractivity contribution in [3.8, 4) is 5.75 Å². The number of hydrogen-bond donors (Lipinski definition) is 3. The summed E-state index contributed by atoms with van der Waals surface area (Å²) in [5, 5.41) is 11.5. The Labute approximate surface area is 199 Å². The average molecular weight is 533 g/mol. The molecule has 1 amide bonds. The van der Waals surface area contributed by atoms with Crippen LogP contribution in [0.3, 0.4) is 0 Å². The molecular formula is C23H21BrN2O6S. The molecule has 0 spiro atoms. The van der Waals surface area contributed by atoms with Gasteiger partial charge in [-0.1, -0.05) is 46.3 Å². The lowest BCUT2D eigenvalue weighted by Gasteiger charge is -2.19. The zero-order valence-electron chi connectivity index (χ0n) is 17.3. The van der Waals surface area contributed by atoms with Crippen molar-refractivity contribution in [1.29, 1.82) is 0 Å². The largest absolute Gasteiger partial charge is 0.491 e. The van der Waals surface area contributed by atoms with Crippen molar-refractivity contribution in [2.45, 2.75) is 17.4 Å². The molecule has 0 aliphatic rings. The van der Waals surface area contributed by atoms with Gasteiger partial charge < -0.3 is 15.2 Å². The van der Waals surface area contributed by atoms with Crippen LogP contribution in [0.1, 0.15) is 5.56 Å². The number of aliphatic carboxylic acids is 1. The van der Waals surface area contributed by atoms with E-state index in [0.717, 1.165) is 4.47 Å². The van der Waals surface area contributed by atoms with E-state index in [1.165, 1.54) is 12.1 Å². The maximum Gasteiger partial charge on any atom is 0.307 e. The van der Waals surface area contributed by atoms with Crippen molar-refractivity contribution in [2.75, 3.05) is 11.9 Å². The second-order valence-corrected chi connectivity index (χ2v) is 9.64. The molecule has 0 aliphatic carbocycles. The highest BCUT2D eigenvalue weighted by Crippen LogP contribution is 2.16. The van der Waals surface area contributed by atoms with Gasteiger partial charge in [-0.25, -0.2) is 8.42 Å². The number of benzene rings is 3. The maximum atomic E-state index is 12.9. The second-order valence-electron chi connectivity index (χ2n) is 7.01. The molecule has 0 heterocycles. The molecule has 0 saturated heterocycles. The lowest BCUT2D eigenvalue weighted by molar-refractivity contribution is -0.136. The van der Waals surface area contributed by atoms with Crippen LogP contribution in [-0.4, -0.2) is 38.0 Å². The van der Waals surface area contributed by atoms with Gasteiger partial charge in [0, 0.05) is 10.2 Å². The average Bonchev–Trinajstić information content (AvgIpc) is 2.78. The molecule has 1 atom stereocenters. The topological polar surface area (TPSA) is 122 Å². The van der Waals surface area contributed by atoms with Crippen LogP contribution in [-0.2, 0) is 26.0 Å². The first-order valence-electron chi connectivity index (χ1n) is 9.80. The van der Waals surface area contributed by atoms with Crippen LogP contribution in [0.15, 0.2) is 88.2 Å². The number of carbonyl (C=O) groups is 2. The first kappa shape index (κ1) is 24.4. The Bertz CT molecular complexity index is 1200. The highest BCUT2D eigenvalue weighted by molar-refractivity contribution is 9.10. The number of amides is 1. The van der Waals surface area contributed by atoms with Gasteiger partial charge in [0.05, 0.1) is 11.3 Å². The molecular weight excluding hydrogens is 512 g/mol. The van der Waals surface area contributed by atoms with Gasteiger partial charge in [0.1, 0.15) is 18.4 Å². The number of carboxylic acid groups (broad SMARTS) is 1. The van der Waals surface area contributed by atoms with E-state index in [4.69, 9.17) is 9.84 Å². The summed E-state index contributed by atoms with van der Waals surface area (Å²) < 4.78 is 34.5. The molecule has 0 radical (unpaired) electrons. The van der Waals surface area contributed by atoms with Crippen molar-refractivity contribution in [3.05, 3.63) is 88.9 Å². The number of carboxylic acids is 1. The normalized spacial score (nSPS) is 12.0. The van der Waals surface area contributed by atoms with Crippen molar-refractivity contribution in [3.63, 3.8) is 0 Å². The number of ether oxygens (including phenoxy) is 1. The van der Waals surface area contributed by atoms with Gasteiger partial charge in [0.25, 0.3) is 0 Å². The molecule has 172 valence electrons. The number of halogens is 1. The van der Waals surface area contributed by atoms with E-state index in [0.29, 0.717) is 17.0 Å². The highest BCUT2D eigenvalue weighted by atomic mass is 79.9. The Hall–Kier alpha value is -3.21. The smallest absolute Gasteiger partial charge is 0.307 e.